The standard InChI is InChI=1S/C50H41N.C48H39N/c1-2-12-40(13-3-1)51(41-24-20-36(21-25-41)44-16-8-11-35-10-4-5-14-43(35)44)42-26-22-37(23-27-42)45-17-9-19-48-49(45)46-15-6-7-18-47(46)50(48)38-29-33-28-34(31-38)32-39(50)30-33;1-2-10-38(11-3-1)49(40-23-24-42-35(30-40)18-17-33-9-4-5-12-41(33)42)39-21-19-34(20-22-39)43-14-8-16-46-47(43)44-13-6-7-15-45(44)48(46)36-26-31-25-32(28-36)29-37(48)27-31/h1-27,33-34,38-39H,28-32H2;1-24,30-32,36-37H,25-29H2. The summed E-state index contributed by atoms with van der Waals surface area (Å²) in [6.45, 7) is 0. The van der Waals surface area contributed by atoms with Gasteiger partial charge in [0.2, 0.25) is 0 Å². The van der Waals surface area contributed by atoms with Gasteiger partial charge in [-0.25, -0.2) is 0 Å². The van der Waals surface area contributed by atoms with Crippen LogP contribution in [0.1, 0.15) is 86.5 Å². The van der Waals surface area contributed by atoms with E-state index in [1.807, 2.05) is 0 Å². The molecular formula is C98H80N2. The van der Waals surface area contributed by atoms with Crippen LogP contribution in [-0.4, -0.2) is 0 Å². The first-order valence-corrected chi connectivity index (χ1v) is 37.4. The maximum atomic E-state index is 2.51. The van der Waals surface area contributed by atoms with Crippen molar-refractivity contribution in [2.24, 2.45) is 47.3 Å². The highest BCUT2D eigenvalue weighted by Gasteiger charge is 2.63. The lowest BCUT2D eigenvalue weighted by Gasteiger charge is -2.61. The Kier molecular flexibility index (Phi) is 13.4. The number of hydrogen-bond acceptors (Lipinski definition) is 2. The molecule has 0 aromatic heterocycles. The van der Waals surface area contributed by atoms with E-state index in [1.165, 1.54) is 164 Å². The maximum absolute atomic E-state index is 2.51. The molecule has 10 aliphatic carbocycles. The van der Waals surface area contributed by atoms with Crippen LogP contribution >= 0.6 is 0 Å². The number of benzene rings is 14. The molecule has 14 aromatic carbocycles. The Bertz CT molecular complexity index is 5450. The molecule has 8 saturated carbocycles. The highest BCUT2D eigenvalue weighted by atomic mass is 15.1. The van der Waals surface area contributed by atoms with Gasteiger partial charge in [0.25, 0.3) is 0 Å². The van der Waals surface area contributed by atoms with Crippen molar-refractivity contribution in [1.82, 2.24) is 0 Å². The summed E-state index contributed by atoms with van der Waals surface area (Å²) in [5.41, 5.74) is 27.7. The van der Waals surface area contributed by atoms with Gasteiger partial charge < -0.3 is 9.80 Å². The van der Waals surface area contributed by atoms with Gasteiger partial charge in [-0.15, -0.1) is 0 Å². The highest BCUT2D eigenvalue weighted by molar-refractivity contribution is 6.09. The third kappa shape index (κ3) is 8.87. The Morgan fingerprint density at radius 3 is 1.02 bits per heavy atom. The second kappa shape index (κ2) is 23.0. The predicted octanol–water partition coefficient (Wildman–Crippen LogP) is 26.2. The van der Waals surface area contributed by atoms with Crippen LogP contribution in [0, 0.1) is 47.3 Å². The van der Waals surface area contributed by atoms with E-state index in [-0.39, 0.29) is 10.8 Å². The molecule has 10 aliphatic rings. The molecule has 14 aromatic rings. The van der Waals surface area contributed by atoms with E-state index in [1.54, 1.807) is 22.3 Å². The van der Waals surface area contributed by atoms with E-state index >= 15 is 0 Å². The van der Waals surface area contributed by atoms with Crippen molar-refractivity contribution in [3.63, 3.8) is 0 Å². The lowest BCUT2D eigenvalue weighted by molar-refractivity contribution is -0.0399. The fraction of sp³-hybridized carbons (Fsp3) is 0.204. The van der Waals surface area contributed by atoms with Crippen LogP contribution < -0.4 is 9.80 Å². The number of fused-ring (bicyclic) bond motifs is 10. The van der Waals surface area contributed by atoms with Crippen molar-refractivity contribution in [1.29, 1.82) is 0 Å². The quantitative estimate of drug-likeness (QED) is 0.133. The first-order chi connectivity index (χ1) is 49.5. The monoisotopic (exact) mass is 1280 g/mol. The molecule has 8 bridgehead atoms. The third-order valence-electron chi connectivity index (χ3n) is 26.3. The summed E-state index contributed by atoms with van der Waals surface area (Å²) < 4.78 is 0. The van der Waals surface area contributed by atoms with E-state index in [4.69, 9.17) is 0 Å². The number of anilines is 6. The molecule has 2 heteroatoms. The number of hydrogen-bond donors (Lipinski definition) is 0. The van der Waals surface area contributed by atoms with Crippen LogP contribution in [-0.2, 0) is 10.8 Å². The third-order valence-corrected chi connectivity index (χ3v) is 26.3. The predicted molar refractivity (Wildman–Crippen MR) is 418 cm³/mol. The Hall–Kier alpha value is -10.5. The molecule has 0 atom stereocenters. The van der Waals surface area contributed by atoms with Crippen molar-refractivity contribution in [2.45, 2.75) is 75.0 Å². The molecule has 24 rings (SSSR count). The molecule has 0 heterocycles. The largest absolute Gasteiger partial charge is 0.311 e. The molecular weight excluding hydrogens is 1210 g/mol. The summed E-state index contributed by atoms with van der Waals surface area (Å²) in [6, 6.07) is 118. The normalized spacial score (nSPS) is 24.1. The Balaban J connectivity index is 0.000000131. The zero-order valence-corrected chi connectivity index (χ0v) is 56.6. The van der Waals surface area contributed by atoms with Crippen molar-refractivity contribution in [3.05, 3.63) is 338 Å². The minimum Gasteiger partial charge on any atom is -0.311 e. The molecule has 2 spiro atoms. The highest BCUT2D eigenvalue weighted by Crippen LogP contribution is 2.72. The van der Waals surface area contributed by atoms with Gasteiger partial charge in [0.1, 0.15) is 0 Å². The summed E-state index contributed by atoms with van der Waals surface area (Å²) in [5.74, 6) is 6.93. The smallest absolute Gasteiger partial charge is 0.0468 e. The first kappa shape index (κ1) is 58.4. The Labute approximate surface area is 588 Å². The molecule has 2 nitrogen and oxygen atoms in total. The molecule has 0 unspecified atom stereocenters. The van der Waals surface area contributed by atoms with Crippen molar-refractivity contribution >= 4 is 66.4 Å². The Morgan fingerprint density at radius 2 is 0.530 bits per heavy atom. The minimum atomic E-state index is 0.192. The van der Waals surface area contributed by atoms with Gasteiger partial charge in [-0.2, -0.15) is 0 Å². The summed E-state index contributed by atoms with van der Waals surface area (Å²) in [5, 5.41) is 7.68. The lowest BCUT2D eigenvalue weighted by atomic mass is 9.43. The van der Waals surface area contributed by atoms with Gasteiger partial charge >= 0.3 is 0 Å². The van der Waals surface area contributed by atoms with Crippen LogP contribution in [0.5, 0.6) is 0 Å². The van der Waals surface area contributed by atoms with Crippen LogP contribution in [0.4, 0.5) is 34.1 Å². The van der Waals surface area contributed by atoms with Crippen LogP contribution in [0.3, 0.4) is 0 Å². The lowest BCUT2D eigenvalue weighted by Crippen LogP contribution is -2.55. The molecule has 0 aliphatic heterocycles. The van der Waals surface area contributed by atoms with E-state index in [2.05, 4.69) is 325 Å². The fourth-order valence-corrected chi connectivity index (χ4v) is 22.9. The average molecular weight is 1290 g/mol. The fourth-order valence-electron chi connectivity index (χ4n) is 22.9. The number of rotatable bonds is 9. The summed E-state index contributed by atoms with van der Waals surface area (Å²) in [4.78, 5) is 4.78. The van der Waals surface area contributed by atoms with Gasteiger partial charge in [0, 0.05) is 45.0 Å². The SMILES string of the molecule is c1ccc(N(c2ccc(-c3cccc4c3-c3ccccc3C43C4CC5CC(C4)CC3C5)cc2)c2ccc(-c3cccc4ccccc34)cc2)cc1.c1ccc(N(c2ccc(-c3cccc4c3-c3ccccc3C43C4CC5CC(C4)CC3C5)cc2)c2ccc3c(ccc4ccccc43)c2)cc1. The number of para-hydroxylation sites is 2. The van der Waals surface area contributed by atoms with E-state index in [9.17, 15) is 0 Å². The number of nitrogens with zero attached hydrogens (tertiary/aromatic N) is 2. The average Bonchev–Trinajstić information content (AvgIpc) is 1.46. The molecule has 8 fully saturated rings. The van der Waals surface area contributed by atoms with E-state index in [0.717, 1.165) is 70.1 Å². The van der Waals surface area contributed by atoms with Crippen LogP contribution in [0.15, 0.2) is 315 Å². The molecule has 0 saturated heterocycles. The van der Waals surface area contributed by atoms with Crippen LogP contribution in [0.2, 0.25) is 0 Å². The Morgan fingerprint density at radius 1 is 0.210 bits per heavy atom. The maximum Gasteiger partial charge on any atom is 0.0468 e. The molecule has 0 N–H and O–H groups in total. The van der Waals surface area contributed by atoms with E-state index < -0.39 is 0 Å². The molecule has 100 heavy (non-hydrogen) atoms. The second-order valence-electron chi connectivity index (χ2n) is 31.1. The molecule has 482 valence electrons. The van der Waals surface area contributed by atoms with Gasteiger partial charge in [0.05, 0.1) is 0 Å². The second-order valence-corrected chi connectivity index (χ2v) is 31.1. The molecule has 0 amide bonds. The van der Waals surface area contributed by atoms with E-state index in [0.29, 0.717) is 0 Å². The van der Waals surface area contributed by atoms with Gasteiger partial charge in [0.15, 0.2) is 0 Å². The minimum absolute atomic E-state index is 0.192. The van der Waals surface area contributed by atoms with Crippen molar-refractivity contribution < 1.29 is 0 Å². The summed E-state index contributed by atoms with van der Waals surface area (Å²) in [6.07, 6.45) is 14.3. The zero-order chi connectivity index (χ0) is 65.6. The van der Waals surface area contributed by atoms with Gasteiger partial charge in [-0.3, -0.25) is 0 Å². The molecule has 0 radical (unpaired) electrons. The first-order valence-electron chi connectivity index (χ1n) is 37.4. The topological polar surface area (TPSA) is 6.48 Å². The van der Waals surface area contributed by atoms with Gasteiger partial charge in [-0.1, -0.05) is 243 Å². The summed E-state index contributed by atoms with van der Waals surface area (Å²) in [7, 11) is 0. The summed E-state index contributed by atoms with van der Waals surface area (Å²) >= 11 is 0. The zero-order valence-electron chi connectivity index (χ0n) is 56.6. The van der Waals surface area contributed by atoms with Gasteiger partial charge in [-0.05, 0) is 295 Å². The van der Waals surface area contributed by atoms with Crippen LogP contribution in [0.25, 0.3) is 88.0 Å². The van der Waals surface area contributed by atoms with Crippen molar-refractivity contribution in [2.75, 3.05) is 9.80 Å². The van der Waals surface area contributed by atoms with Crippen molar-refractivity contribution in [3.8, 4) is 55.6 Å².